The third-order valence-corrected chi connectivity index (χ3v) is 2.60. The summed E-state index contributed by atoms with van der Waals surface area (Å²) >= 11 is 3.19. The molecular formula is C10H12BrNO3. The minimum atomic E-state index is -0.587. The molecular weight excluding hydrogens is 262 g/mol. The van der Waals surface area contributed by atoms with Crippen LogP contribution in [0.1, 0.15) is 17.3 Å². The van der Waals surface area contributed by atoms with Gasteiger partial charge in [0.25, 0.3) is 0 Å². The highest BCUT2D eigenvalue weighted by Crippen LogP contribution is 2.32. The molecule has 0 fully saturated rings. The number of aromatic hydroxyl groups is 1. The average molecular weight is 274 g/mol. The second kappa shape index (κ2) is 4.63. The van der Waals surface area contributed by atoms with Crippen molar-refractivity contribution < 1.29 is 14.6 Å². The van der Waals surface area contributed by atoms with Gasteiger partial charge in [-0.15, -0.1) is 0 Å². The number of carbonyl (C=O) groups excluding carboxylic acids is 1. The highest BCUT2D eigenvalue weighted by atomic mass is 79.9. The van der Waals surface area contributed by atoms with Crippen molar-refractivity contribution in [3.63, 3.8) is 0 Å². The first-order valence-electron chi connectivity index (χ1n) is 4.33. The summed E-state index contributed by atoms with van der Waals surface area (Å²) in [6.07, 6.45) is 0. The van der Waals surface area contributed by atoms with Gasteiger partial charge in [0.05, 0.1) is 13.2 Å². The standard InChI is InChI=1S/C10H12BrNO3/c1-5(12)10(14)6-3-9(15-2)8(13)4-7(6)11/h3-5,13H,12H2,1-2H3. The molecule has 1 aromatic rings. The number of rotatable bonds is 3. The summed E-state index contributed by atoms with van der Waals surface area (Å²) in [7, 11) is 1.42. The number of methoxy groups -OCH3 is 1. The van der Waals surface area contributed by atoms with E-state index < -0.39 is 6.04 Å². The zero-order chi connectivity index (χ0) is 11.6. The first-order valence-corrected chi connectivity index (χ1v) is 5.13. The van der Waals surface area contributed by atoms with Gasteiger partial charge < -0.3 is 15.6 Å². The summed E-state index contributed by atoms with van der Waals surface area (Å²) in [5, 5.41) is 9.44. The van der Waals surface area contributed by atoms with Crippen LogP contribution < -0.4 is 10.5 Å². The zero-order valence-electron chi connectivity index (χ0n) is 8.45. The van der Waals surface area contributed by atoms with Crippen LogP contribution in [0.3, 0.4) is 0 Å². The van der Waals surface area contributed by atoms with E-state index in [9.17, 15) is 9.90 Å². The number of carbonyl (C=O) groups is 1. The number of ether oxygens (including phenoxy) is 1. The molecule has 0 radical (unpaired) electrons. The predicted molar refractivity (Wildman–Crippen MR) is 60.3 cm³/mol. The van der Waals surface area contributed by atoms with Crippen LogP contribution in [-0.4, -0.2) is 24.0 Å². The summed E-state index contributed by atoms with van der Waals surface area (Å²) in [6.45, 7) is 1.61. The average Bonchev–Trinajstić information content (AvgIpc) is 2.17. The Kier molecular flexibility index (Phi) is 3.71. The molecule has 15 heavy (non-hydrogen) atoms. The second-order valence-electron chi connectivity index (χ2n) is 3.16. The Balaban J connectivity index is 3.24. The lowest BCUT2D eigenvalue weighted by molar-refractivity contribution is 0.0967. The monoisotopic (exact) mass is 273 g/mol. The van der Waals surface area contributed by atoms with Crippen LogP contribution >= 0.6 is 15.9 Å². The normalized spacial score (nSPS) is 12.3. The van der Waals surface area contributed by atoms with Gasteiger partial charge in [-0.05, 0) is 35.0 Å². The topological polar surface area (TPSA) is 72.5 Å². The van der Waals surface area contributed by atoms with Gasteiger partial charge in [0, 0.05) is 10.0 Å². The Morgan fingerprint density at radius 1 is 1.60 bits per heavy atom. The maximum atomic E-state index is 11.7. The van der Waals surface area contributed by atoms with Crippen molar-refractivity contribution in [3.05, 3.63) is 22.2 Å². The van der Waals surface area contributed by atoms with Crippen molar-refractivity contribution in [3.8, 4) is 11.5 Å². The maximum absolute atomic E-state index is 11.7. The molecule has 0 bridgehead atoms. The van der Waals surface area contributed by atoms with Crippen LogP contribution in [0, 0.1) is 0 Å². The smallest absolute Gasteiger partial charge is 0.180 e. The Morgan fingerprint density at radius 2 is 2.20 bits per heavy atom. The number of nitrogens with two attached hydrogens (primary N) is 1. The largest absolute Gasteiger partial charge is 0.504 e. The summed E-state index contributed by atoms with van der Waals surface area (Å²) in [5.74, 6) is 0.0213. The number of Topliss-reactive ketones (excluding diaryl/α,β-unsaturated/α-hetero) is 1. The van der Waals surface area contributed by atoms with Crippen LogP contribution in [0.2, 0.25) is 0 Å². The van der Waals surface area contributed by atoms with E-state index in [2.05, 4.69) is 15.9 Å². The molecule has 1 atom stereocenters. The first kappa shape index (κ1) is 12.0. The fraction of sp³-hybridized carbons (Fsp3) is 0.300. The quantitative estimate of drug-likeness (QED) is 0.823. The molecule has 0 amide bonds. The zero-order valence-corrected chi connectivity index (χ0v) is 10.0. The minimum absolute atomic E-state index is 0.0226. The molecule has 3 N–H and O–H groups in total. The van der Waals surface area contributed by atoms with Gasteiger partial charge in [-0.2, -0.15) is 0 Å². The SMILES string of the molecule is COc1cc(C(=O)C(C)N)c(Br)cc1O. The Morgan fingerprint density at radius 3 is 2.67 bits per heavy atom. The van der Waals surface area contributed by atoms with E-state index in [-0.39, 0.29) is 17.3 Å². The van der Waals surface area contributed by atoms with Gasteiger partial charge >= 0.3 is 0 Å². The molecule has 1 unspecified atom stereocenters. The van der Waals surface area contributed by atoms with Crippen LogP contribution in [0.4, 0.5) is 0 Å². The third kappa shape index (κ3) is 2.49. The molecule has 0 spiro atoms. The van der Waals surface area contributed by atoms with Gasteiger partial charge in [0.2, 0.25) is 0 Å². The first-order chi connectivity index (χ1) is 6.97. The van der Waals surface area contributed by atoms with E-state index in [1.807, 2.05) is 0 Å². The van der Waals surface area contributed by atoms with Crippen LogP contribution in [0.5, 0.6) is 11.5 Å². The van der Waals surface area contributed by atoms with Crippen LogP contribution in [0.25, 0.3) is 0 Å². The van der Waals surface area contributed by atoms with Crippen molar-refractivity contribution in [2.75, 3.05) is 7.11 Å². The summed E-state index contributed by atoms with van der Waals surface area (Å²) < 4.78 is 5.41. The fourth-order valence-corrected chi connectivity index (χ4v) is 1.67. The molecule has 0 heterocycles. The van der Waals surface area contributed by atoms with E-state index >= 15 is 0 Å². The van der Waals surface area contributed by atoms with Crippen molar-refractivity contribution in [2.24, 2.45) is 5.73 Å². The van der Waals surface area contributed by atoms with E-state index in [4.69, 9.17) is 10.5 Å². The highest BCUT2D eigenvalue weighted by molar-refractivity contribution is 9.10. The third-order valence-electron chi connectivity index (χ3n) is 1.95. The van der Waals surface area contributed by atoms with Crippen LogP contribution in [-0.2, 0) is 0 Å². The predicted octanol–water partition coefficient (Wildman–Crippen LogP) is 1.69. The molecule has 1 rings (SSSR count). The fourth-order valence-electron chi connectivity index (χ4n) is 1.14. The molecule has 0 saturated heterocycles. The molecule has 1 aromatic carbocycles. The van der Waals surface area contributed by atoms with Crippen molar-refractivity contribution in [1.82, 2.24) is 0 Å². The van der Waals surface area contributed by atoms with Gasteiger partial charge in [0.15, 0.2) is 17.3 Å². The molecule has 0 aromatic heterocycles. The number of hydrogen-bond acceptors (Lipinski definition) is 4. The molecule has 0 aliphatic heterocycles. The molecule has 5 heteroatoms. The number of phenolic OH excluding ortho intramolecular Hbond substituents is 1. The highest BCUT2D eigenvalue weighted by Gasteiger charge is 2.17. The lowest BCUT2D eigenvalue weighted by Crippen LogP contribution is -2.26. The van der Waals surface area contributed by atoms with Gasteiger partial charge in [-0.3, -0.25) is 4.79 Å². The van der Waals surface area contributed by atoms with Crippen molar-refractivity contribution >= 4 is 21.7 Å². The number of halogens is 1. The van der Waals surface area contributed by atoms with Crippen LogP contribution in [0.15, 0.2) is 16.6 Å². The summed E-state index contributed by atoms with van der Waals surface area (Å²) in [6, 6.07) is 2.29. The van der Waals surface area contributed by atoms with Gasteiger partial charge in [-0.25, -0.2) is 0 Å². The lowest BCUT2D eigenvalue weighted by Gasteiger charge is -2.10. The number of phenols is 1. The number of benzene rings is 1. The molecule has 0 saturated carbocycles. The van der Waals surface area contributed by atoms with E-state index in [0.29, 0.717) is 10.0 Å². The Hall–Kier alpha value is -1.07. The lowest BCUT2D eigenvalue weighted by atomic mass is 10.1. The Labute approximate surface area is 96.2 Å². The van der Waals surface area contributed by atoms with Crippen molar-refractivity contribution in [1.29, 1.82) is 0 Å². The van der Waals surface area contributed by atoms with E-state index in [1.165, 1.54) is 19.2 Å². The summed E-state index contributed by atoms with van der Waals surface area (Å²) in [5.41, 5.74) is 5.90. The van der Waals surface area contributed by atoms with Gasteiger partial charge in [0.1, 0.15) is 0 Å². The molecule has 82 valence electrons. The number of ketones is 1. The van der Waals surface area contributed by atoms with Crippen molar-refractivity contribution in [2.45, 2.75) is 13.0 Å². The molecule has 0 aliphatic carbocycles. The maximum Gasteiger partial charge on any atom is 0.180 e. The Bertz CT molecular complexity index is 390. The molecule has 0 aliphatic rings. The van der Waals surface area contributed by atoms with Gasteiger partial charge in [-0.1, -0.05) is 0 Å². The second-order valence-corrected chi connectivity index (χ2v) is 4.01. The van der Waals surface area contributed by atoms with E-state index in [0.717, 1.165) is 0 Å². The number of hydrogen-bond donors (Lipinski definition) is 2. The minimum Gasteiger partial charge on any atom is -0.504 e. The summed E-state index contributed by atoms with van der Waals surface area (Å²) in [4.78, 5) is 11.7. The molecule has 4 nitrogen and oxygen atoms in total. The van der Waals surface area contributed by atoms with E-state index in [1.54, 1.807) is 6.92 Å².